The largest absolute Gasteiger partial charge is 0.339 e. The van der Waals surface area contributed by atoms with Crippen LogP contribution in [0.25, 0.3) is 0 Å². The summed E-state index contributed by atoms with van der Waals surface area (Å²) in [5.41, 5.74) is 0.967. The van der Waals surface area contributed by atoms with Crippen molar-refractivity contribution in [3.05, 3.63) is 35.6 Å². The van der Waals surface area contributed by atoms with Gasteiger partial charge in [0, 0.05) is 13.5 Å². The van der Waals surface area contributed by atoms with Gasteiger partial charge in [0.1, 0.15) is 5.82 Å². The number of halogens is 2. The van der Waals surface area contributed by atoms with E-state index in [1.54, 1.807) is 17.0 Å². The lowest BCUT2D eigenvalue weighted by atomic mass is 9.93. The van der Waals surface area contributed by atoms with Crippen molar-refractivity contribution in [2.45, 2.75) is 38.6 Å². The SMILES string of the molecule is CC(c1ccc(F)cc1)N(C)C(=O)CCC1CCNCC1.Cl. The zero-order valence-electron chi connectivity index (χ0n) is 13.3. The number of amides is 1. The average Bonchev–Trinajstić information content (AvgIpc) is 2.53. The van der Waals surface area contributed by atoms with E-state index >= 15 is 0 Å². The van der Waals surface area contributed by atoms with Crippen molar-refractivity contribution in [2.24, 2.45) is 5.92 Å². The maximum absolute atomic E-state index is 13.0. The third-order valence-corrected chi connectivity index (χ3v) is 4.55. The van der Waals surface area contributed by atoms with Crippen LogP contribution < -0.4 is 5.32 Å². The van der Waals surface area contributed by atoms with E-state index in [1.807, 2.05) is 14.0 Å². The van der Waals surface area contributed by atoms with Crippen molar-refractivity contribution in [2.75, 3.05) is 20.1 Å². The van der Waals surface area contributed by atoms with E-state index in [1.165, 1.54) is 25.0 Å². The molecule has 1 aromatic carbocycles. The van der Waals surface area contributed by atoms with Crippen LogP contribution in [0.1, 0.15) is 44.2 Å². The minimum atomic E-state index is -0.245. The van der Waals surface area contributed by atoms with Gasteiger partial charge in [-0.1, -0.05) is 12.1 Å². The fourth-order valence-corrected chi connectivity index (χ4v) is 2.86. The van der Waals surface area contributed by atoms with E-state index in [0.717, 1.165) is 25.1 Å². The standard InChI is InChI=1S/C17H25FN2O.ClH/c1-13(15-4-6-16(18)7-5-15)20(2)17(21)8-3-14-9-11-19-12-10-14;/h4-7,13-14,19H,3,8-12H2,1-2H3;1H. The van der Waals surface area contributed by atoms with Gasteiger partial charge in [-0.25, -0.2) is 4.39 Å². The van der Waals surface area contributed by atoms with E-state index in [2.05, 4.69) is 5.32 Å². The molecule has 0 spiro atoms. The van der Waals surface area contributed by atoms with Crippen LogP contribution in [0, 0.1) is 11.7 Å². The lowest BCUT2D eigenvalue weighted by molar-refractivity contribution is -0.132. The van der Waals surface area contributed by atoms with Crippen LogP contribution in [-0.4, -0.2) is 30.9 Å². The van der Waals surface area contributed by atoms with Crippen LogP contribution in [0.3, 0.4) is 0 Å². The number of hydrogen-bond donors (Lipinski definition) is 1. The van der Waals surface area contributed by atoms with E-state index < -0.39 is 0 Å². The normalized spacial score (nSPS) is 16.7. The van der Waals surface area contributed by atoms with Gasteiger partial charge in [0.05, 0.1) is 6.04 Å². The summed E-state index contributed by atoms with van der Waals surface area (Å²) >= 11 is 0. The van der Waals surface area contributed by atoms with Crippen LogP contribution in [0.5, 0.6) is 0 Å². The van der Waals surface area contributed by atoms with Gasteiger partial charge in [-0.2, -0.15) is 0 Å². The Morgan fingerprint density at radius 3 is 2.50 bits per heavy atom. The first kappa shape index (κ1) is 18.9. The molecule has 5 heteroatoms. The summed E-state index contributed by atoms with van der Waals surface area (Å²) in [6.45, 7) is 4.12. The second-order valence-electron chi connectivity index (χ2n) is 5.96. The Bertz CT molecular complexity index is 460. The Kier molecular flexibility index (Phi) is 7.83. The molecule has 0 aliphatic carbocycles. The minimum absolute atomic E-state index is 0. The summed E-state index contributed by atoms with van der Waals surface area (Å²) in [4.78, 5) is 14.1. The number of benzene rings is 1. The molecule has 1 aliphatic heterocycles. The van der Waals surface area contributed by atoms with Crippen LogP contribution in [0.2, 0.25) is 0 Å². The first-order valence-electron chi connectivity index (χ1n) is 7.79. The minimum Gasteiger partial charge on any atom is -0.339 e. The maximum atomic E-state index is 13.0. The molecule has 1 saturated heterocycles. The molecule has 1 aliphatic rings. The Morgan fingerprint density at radius 1 is 1.32 bits per heavy atom. The van der Waals surface area contributed by atoms with Gasteiger partial charge in [0.15, 0.2) is 0 Å². The molecule has 1 amide bonds. The number of rotatable bonds is 5. The number of piperidine rings is 1. The zero-order chi connectivity index (χ0) is 15.2. The van der Waals surface area contributed by atoms with Gasteiger partial charge in [-0.15, -0.1) is 12.4 Å². The van der Waals surface area contributed by atoms with Gasteiger partial charge in [-0.05, 0) is 62.9 Å². The van der Waals surface area contributed by atoms with Crippen molar-refractivity contribution in [1.29, 1.82) is 0 Å². The summed E-state index contributed by atoms with van der Waals surface area (Å²) in [5.74, 6) is 0.598. The lowest BCUT2D eigenvalue weighted by Gasteiger charge is -2.27. The number of carbonyl (C=O) groups is 1. The Labute approximate surface area is 138 Å². The van der Waals surface area contributed by atoms with Crippen molar-refractivity contribution >= 4 is 18.3 Å². The smallest absolute Gasteiger partial charge is 0.222 e. The fourth-order valence-electron chi connectivity index (χ4n) is 2.86. The molecule has 1 N–H and O–H groups in total. The molecule has 0 aromatic heterocycles. The first-order valence-corrected chi connectivity index (χ1v) is 7.79. The molecule has 0 bridgehead atoms. The average molecular weight is 329 g/mol. The van der Waals surface area contributed by atoms with E-state index in [0.29, 0.717) is 12.3 Å². The molecular formula is C17H26ClFN2O. The van der Waals surface area contributed by atoms with Gasteiger partial charge in [0.25, 0.3) is 0 Å². The number of nitrogens with one attached hydrogen (secondary N) is 1. The highest BCUT2D eigenvalue weighted by Gasteiger charge is 2.20. The fraction of sp³-hybridized carbons (Fsp3) is 0.588. The van der Waals surface area contributed by atoms with E-state index in [-0.39, 0.29) is 30.2 Å². The lowest BCUT2D eigenvalue weighted by Crippen LogP contribution is -2.31. The Morgan fingerprint density at radius 2 is 1.91 bits per heavy atom. The molecule has 1 aromatic rings. The highest BCUT2D eigenvalue weighted by Crippen LogP contribution is 2.22. The van der Waals surface area contributed by atoms with Crippen molar-refractivity contribution in [1.82, 2.24) is 10.2 Å². The molecule has 2 rings (SSSR count). The number of carbonyl (C=O) groups excluding carboxylic acids is 1. The predicted octanol–water partition coefficient (Wildman–Crippen LogP) is 3.55. The first-order chi connectivity index (χ1) is 10.1. The van der Waals surface area contributed by atoms with Crippen molar-refractivity contribution in [3.8, 4) is 0 Å². The summed E-state index contributed by atoms with van der Waals surface area (Å²) in [7, 11) is 1.83. The highest BCUT2D eigenvalue weighted by atomic mass is 35.5. The van der Waals surface area contributed by atoms with Crippen molar-refractivity contribution in [3.63, 3.8) is 0 Å². The van der Waals surface area contributed by atoms with Crippen molar-refractivity contribution < 1.29 is 9.18 Å². The topological polar surface area (TPSA) is 32.3 Å². The predicted molar refractivity (Wildman–Crippen MR) is 89.7 cm³/mol. The van der Waals surface area contributed by atoms with E-state index in [9.17, 15) is 9.18 Å². The van der Waals surface area contributed by atoms with Gasteiger partial charge in [0.2, 0.25) is 5.91 Å². The second-order valence-corrected chi connectivity index (χ2v) is 5.96. The molecule has 124 valence electrons. The summed E-state index contributed by atoms with van der Waals surface area (Å²) in [5, 5.41) is 3.34. The molecule has 1 heterocycles. The van der Waals surface area contributed by atoms with Gasteiger partial charge in [-0.3, -0.25) is 4.79 Å². The summed E-state index contributed by atoms with van der Waals surface area (Å²) in [6.07, 6.45) is 3.92. The summed E-state index contributed by atoms with van der Waals surface area (Å²) < 4.78 is 13.0. The number of nitrogens with zero attached hydrogens (tertiary/aromatic N) is 1. The van der Waals surface area contributed by atoms with Crippen LogP contribution in [0.15, 0.2) is 24.3 Å². The quantitative estimate of drug-likeness (QED) is 0.896. The molecule has 22 heavy (non-hydrogen) atoms. The second kappa shape index (κ2) is 9.11. The molecular weight excluding hydrogens is 303 g/mol. The van der Waals surface area contributed by atoms with Gasteiger partial charge >= 0.3 is 0 Å². The van der Waals surface area contributed by atoms with Crippen LogP contribution in [0.4, 0.5) is 4.39 Å². The van der Waals surface area contributed by atoms with E-state index in [4.69, 9.17) is 0 Å². The summed E-state index contributed by atoms with van der Waals surface area (Å²) in [6, 6.07) is 6.36. The van der Waals surface area contributed by atoms with Gasteiger partial charge < -0.3 is 10.2 Å². The molecule has 3 nitrogen and oxygen atoms in total. The molecule has 0 saturated carbocycles. The maximum Gasteiger partial charge on any atom is 0.222 e. The van der Waals surface area contributed by atoms with Crippen LogP contribution in [-0.2, 0) is 4.79 Å². The molecule has 1 atom stereocenters. The molecule has 0 radical (unpaired) electrons. The Hall–Kier alpha value is -1.13. The number of hydrogen-bond acceptors (Lipinski definition) is 2. The highest BCUT2D eigenvalue weighted by molar-refractivity contribution is 5.85. The zero-order valence-corrected chi connectivity index (χ0v) is 14.2. The molecule has 1 fully saturated rings. The third kappa shape index (κ3) is 5.25. The third-order valence-electron chi connectivity index (χ3n) is 4.55. The van der Waals surface area contributed by atoms with Crippen LogP contribution >= 0.6 is 12.4 Å². The monoisotopic (exact) mass is 328 g/mol. The molecule has 1 unspecified atom stereocenters. The Balaban J connectivity index is 0.00000242.